The summed E-state index contributed by atoms with van der Waals surface area (Å²) in [4.78, 5) is 0. The van der Waals surface area contributed by atoms with Gasteiger partial charge in [0.25, 0.3) is 0 Å². The van der Waals surface area contributed by atoms with Gasteiger partial charge >= 0.3 is 0 Å². The quantitative estimate of drug-likeness (QED) is 0.591. The van der Waals surface area contributed by atoms with E-state index in [2.05, 4.69) is 0 Å². The Balaban J connectivity index is 2.20. The first kappa shape index (κ1) is 7.24. The molecule has 14 heavy (non-hydrogen) atoms. The topological polar surface area (TPSA) is 18.5 Å². The molecule has 0 aromatic heterocycles. The molecule has 1 fully saturated rings. The van der Waals surface area contributed by atoms with Gasteiger partial charge < -0.3 is 9.47 Å². The Labute approximate surface area is 93.6 Å². The monoisotopic (exact) mass is 204 g/mol. The van der Waals surface area contributed by atoms with E-state index in [4.69, 9.17) is 15.0 Å². The van der Waals surface area contributed by atoms with Crippen LogP contribution in [-0.4, -0.2) is 19.5 Å². The van der Waals surface area contributed by atoms with Gasteiger partial charge in [-0.15, -0.1) is 0 Å². The molecule has 1 unspecified atom stereocenters. The molecule has 0 aromatic carbocycles. The molecule has 0 N–H and O–H groups in total. The van der Waals surface area contributed by atoms with Crippen LogP contribution in [0.3, 0.4) is 0 Å². The lowest BCUT2D eigenvalue weighted by Gasteiger charge is -2.22. The highest BCUT2D eigenvalue weighted by atomic mass is 16.7. The minimum atomic E-state index is -1.79. The lowest BCUT2D eigenvalue weighted by atomic mass is 10.2. The van der Waals surface area contributed by atoms with Crippen LogP contribution in [0, 0.1) is 0 Å². The summed E-state index contributed by atoms with van der Waals surface area (Å²) in [5, 5.41) is 0. The highest BCUT2D eigenvalue weighted by Gasteiger charge is 2.12. The predicted molar refractivity (Wildman–Crippen MR) is 58.3 cm³/mol. The highest BCUT2D eigenvalue weighted by Crippen LogP contribution is 2.14. The fourth-order valence-corrected chi connectivity index (χ4v) is 1.43. The first-order valence-corrected chi connectivity index (χ1v) is 5.62. The summed E-state index contributed by atoms with van der Waals surface area (Å²) in [6.07, 6.45) is 0.283. The van der Waals surface area contributed by atoms with Gasteiger partial charge in [0.1, 0.15) is 0 Å². The second-order valence-corrected chi connectivity index (χ2v) is 3.48. The zero-order valence-corrected chi connectivity index (χ0v) is 9.05. The second kappa shape index (κ2) is 8.25. The van der Waals surface area contributed by atoms with Gasteiger partial charge in [-0.05, 0) is 25.7 Å². The molecule has 0 spiro atoms. The van der Waals surface area contributed by atoms with Gasteiger partial charge in [0, 0.05) is 18.7 Å². The molecular weight excluding hydrogens is 176 g/mol. The van der Waals surface area contributed by atoms with Crippen molar-refractivity contribution in [2.24, 2.45) is 0 Å². The third-order valence-electron chi connectivity index (χ3n) is 2.19. The Hall–Kier alpha value is -0.0800. The average Bonchev–Trinajstić information content (AvgIpc) is 2.36. The van der Waals surface area contributed by atoms with Crippen LogP contribution in [0.15, 0.2) is 0 Å². The van der Waals surface area contributed by atoms with Crippen LogP contribution >= 0.6 is 0 Å². The standard InChI is InChI=1S/C12H24O2/c1-2-3-4-5-7-10-13-12-9-6-8-11-14-12/h12H,2-11H2,1H3/i3D2,4D2. The molecule has 1 saturated heterocycles. The summed E-state index contributed by atoms with van der Waals surface area (Å²) >= 11 is 0. The van der Waals surface area contributed by atoms with E-state index in [0.717, 1.165) is 25.9 Å². The van der Waals surface area contributed by atoms with Crippen molar-refractivity contribution in [2.45, 2.75) is 64.5 Å². The van der Waals surface area contributed by atoms with E-state index >= 15 is 0 Å². The largest absolute Gasteiger partial charge is 0.353 e. The van der Waals surface area contributed by atoms with Crippen LogP contribution < -0.4 is 0 Å². The molecular formula is C12H24O2. The molecule has 0 amide bonds. The molecule has 0 radical (unpaired) electrons. The van der Waals surface area contributed by atoms with E-state index in [-0.39, 0.29) is 19.1 Å². The molecule has 0 saturated carbocycles. The molecule has 1 aliphatic heterocycles. The van der Waals surface area contributed by atoms with E-state index in [1.54, 1.807) is 6.92 Å². The third kappa shape index (κ3) is 5.61. The number of ether oxygens (including phenoxy) is 2. The van der Waals surface area contributed by atoms with Crippen LogP contribution in [0.4, 0.5) is 0 Å². The second-order valence-electron chi connectivity index (χ2n) is 3.48. The molecule has 0 aliphatic carbocycles. The van der Waals surface area contributed by atoms with E-state index < -0.39 is 12.7 Å². The molecule has 1 rings (SSSR count). The summed E-state index contributed by atoms with van der Waals surface area (Å²) in [5.41, 5.74) is 0. The minimum Gasteiger partial charge on any atom is -0.353 e. The van der Waals surface area contributed by atoms with Crippen molar-refractivity contribution >= 4 is 0 Å². The van der Waals surface area contributed by atoms with Crippen LogP contribution in [0.25, 0.3) is 0 Å². The molecule has 2 heteroatoms. The van der Waals surface area contributed by atoms with Crippen molar-refractivity contribution in [3.05, 3.63) is 0 Å². The molecule has 84 valence electrons. The average molecular weight is 204 g/mol. The fourth-order valence-electron chi connectivity index (χ4n) is 1.43. The first-order chi connectivity index (χ1) is 8.39. The van der Waals surface area contributed by atoms with Crippen molar-refractivity contribution in [2.75, 3.05) is 13.2 Å². The van der Waals surface area contributed by atoms with E-state index in [0.29, 0.717) is 13.0 Å². The molecule has 2 nitrogen and oxygen atoms in total. The molecule has 1 atom stereocenters. The molecule has 0 aromatic rings. The Bertz CT molecular complexity index is 240. The van der Waals surface area contributed by atoms with Gasteiger partial charge in [0.15, 0.2) is 6.29 Å². The summed E-state index contributed by atoms with van der Waals surface area (Å²) in [6.45, 7) is 2.85. The first-order valence-electron chi connectivity index (χ1n) is 7.62. The number of hydrogen-bond donors (Lipinski definition) is 0. The number of rotatable bonds is 7. The number of hydrogen-bond acceptors (Lipinski definition) is 2. The van der Waals surface area contributed by atoms with E-state index in [1.807, 2.05) is 0 Å². The Morgan fingerprint density at radius 1 is 1.36 bits per heavy atom. The molecule has 0 bridgehead atoms. The maximum absolute atomic E-state index is 7.76. The SMILES string of the molecule is [2H]C([2H])(CC)C([2H])([2H])CCCOC1CCCCO1. The summed E-state index contributed by atoms with van der Waals surface area (Å²) in [7, 11) is 0. The van der Waals surface area contributed by atoms with Crippen molar-refractivity contribution in [1.82, 2.24) is 0 Å². The van der Waals surface area contributed by atoms with Crippen LogP contribution in [0.2, 0.25) is 0 Å². The zero-order chi connectivity index (χ0) is 13.6. The highest BCUT2D eigenvalue weighted by molar-refractivity contribution is 4.54. The Kier molecular flexibility index (Phi) is 4.26. The minimum absolute atomic E-state index is 0.146. The lowest BCUT2D eigenvalue weighted by molar-refractivity contribution is -0.162. The maximum atomic E-state index is 7.76. The van der Waals surface area contributed by atoms with Crippen molar-refractivity contribution in [3.63, 3.8) is 0 Å². The summed E-state index contributed by atoms with van der Waals surface area (Å²) in [6, 6.07) is 0. The summed E-state index contributed by atoms with van der Waals surface area (Å²) < 4.78 is 41.7. The lowest BCUT2D eigenvalue weighted by Crippen LogP contribution is -2.22. The Morgan fingerprint density at radius 3 is 3.00 bits per heavy atom. The van der Waals surface area contributed by atoms with Crippen molar-refractivity contribution in [3.8, 4) is 0 Å². The van der Waals surface area contributed by atoms with Crippen molar-refractivity contribution in [1.29, 1.82) is 0 Å². The van der Waals surface area contributed by atoms with Gasteiger partial charge in [-0.1, -0.05) is 32.5 Å². The van der Waals surface area contributed by atoms with Crippen molar-refractivity contribution < 1.29 is 15.0 Å². The van der Waals surface area contributed by atoms with Crippen LogP contribution in [0.1, 0.15) is 63.7 Å². The van der Waals surface area contributed by atoms with Gasteiger partial charge in [-0.3, -0.25) is 0 Å². The van der Waals surface area contributed by atoms with Gasteiger partial charge in [-0.2, -0.15) is 0 Å². The fraction of sp³-hybridized carbons (Fsp3) is 1.00. The third-order valence-corrected chi connectivity index (χ3v) is 2.19. The van der Waals surface area contributed by atoms with Crippen LogP contribution in [0.5, 0.6) is 0 Å². The zero-order valence-electron chi connectivity index (χ0n) is 13.1. The van der Waals surface area contributed by atoms with Gasteiger partial charge in [0.05, 0.1) is 0 Å². The van der Waals surface area contributed by atoms with Gasteiger partial charge in [-0.25, -0.2) is 0 Å². The molecule has 1 heterocycles. The predicted octanol–water partition coefficient (Wildman–Crippen LogP) is 3.50. The molecule has 1 aliphatic rings. The summed E-state index contributed by atoms with van der Waals surface area (Å²) in [5.74, 6) is 0. The van der Waals surface area contributed by atoms with Gasteiger partial charge in [0.2, 0.25) is 0 Å². The van der Waals surface area contributed by atoms with Crippen LogP contribution in [-0.2, 0) is 9.47 Å². The smallest absolute Gasteiger partial charge is 0.157 e. The van der Waals surface area contributed by atoms with E-state index in [9.17, 15) is 0 Å². The van der Waals surface area contributed by atoms with E-state index in [1.165, 1.54) is 0 Å². The Morgan fingerprint density at radius 2 is 2.29 bits per heavy atom. The normalized spacial score (nSPS) is 28.8. The maximum Gasteiger partial charge on any atom is 0.157 e.